The molecule has 0 spiro atoms. The minimum Gasteiger partial charge on any atom is -0.459 e. The van der Waals surface area contributed by atoms with Crippen molar-refractivity contribution in [2.24, 2.45) is 0 Å². The molecule has 1 aromatic carbocycles. The van der Waals surface area contributed by atoms with Gasteiger partial charge in [0, 0.05) is 4.90 Å². The SMILES string of the molecule is CC(C)OC(=O)c1ccc(S)cc1. The average Bonchev–Trinajstić information content (AvgIpc) is 2.04. The van der Waals surface area contributed by atoms with E-state index in [0.29, 0.717) is 5.56 Å². The number of rotatable bonds is 2. The van der Waals surface area contributed by atoms with Crippen molar-refractivity contribution in [2.45, 2.75) is 24.8 Å². The molecule has 3 heteroatoms. The van der Waals surface area contributed by atoms with E-state index in [2.05, 4.69) is 12.6 Å². The fourth-order valence-corrected chi connectivity index (χ4v) is 1.03. The van der Waals surface area contributed by atoms with Gasteiger partial charge in [-0.25, -0.2) is 4.79 Å². The molecule has 1 aromatic rings. The van der Waals surface area contributed by atoms with Crippen LogP contribution in [0.2, 0.25) is 0 Å². The first-order valence-corrected chi connectivity index (χ1v) is 4.54. The maximum absolute atomic E-state index is 11.3. The Bertz CT molecular complexity index is 290. The highest BCUT2D eigenvalue weighted by atomic mass is 32.1. The Morgan fingerprint density at radius 2 is 1.85 bits per heavy atom. The third kappa shape index (κ3) is 3.11. The van der Waals surface area contributed by atoms with E-state index in [0.717, 1.165) is 4.90 Å². The first-order valence-electron chi connectivity index (χ1n) is 4.09. The fraction of sp³-hybridized carbons (Fsp3) is 0.300. The van der Waals surface area contributed by atoms with Gasteiger partial charge in [-0.05, 0) is 38.1 Å². The average molecular weight is 196 g/mol. The van der Waals surface area contributed by atoms with Crippen LogP contribution in [0.4, 0.5) is 0 Å². The molecule has 0 atom stereocenters. The molecule has 1 rings (SSSR count). The van der Waals surface area contributed by atoms with Crippen molar-refractivity contribution in [3.8, 4) is 0 Å². The third-order valence-corrected chi connectivity index (χ3v) is 1.74. The second kappa shape index (κ2) is 4.33. The van der Waals surface area contributed by atoms with Crippen molar-refractivity contribution in [1.29, 1.82) is 0 Å². The van der Waals surface area contributed by atoms with Gasteiger partial charge in [0.15, 0.2) is 0 Å². The summed E-state index contributed by atoms with van der Waals surface area (Å²) in [5.74, 6) is -0.289. The largest absolute Gasteiger partial charge is 0.459 e. The molecule has 0 amide bonds. The number of hydrogen-bond donors (Lipinski definition) is 1. The van der Waals surface area contributed by atoms with Crippen molar-refractivity contribution >= 4 is 18.6 Å². The van der Waals surface area contributed by atoms with E-state index in [9.17, 15) is 4.79 Å². The minimum atomic E-state index is -0.289. The van der Waals surface area contributed by atoms with Crippen LogP contribution < -0.4 is 0 Å². The standard InChI is InChI=1S/C10H12O2S/c1-7(2)12-10(11)8-3-5-9(13)6-4-8/h3-7,13H,1-2H3. The van der Waals surface area contributed by atoms with Crippen LogP contribution in [0, 0.1) is 0 Å². The maximum Gasteiger partial charge on any atom is 0.338 e. The summed E-state index contributed by atoms with van der Waals surface area (Å²) >= 11 is 4.12. The van der Waals surface area contributed by atoms with E-state index < -0.39 is 0 Å². The normalized spacial score (nSPS) is 10.2. The van der Waals surface area contributed by atoms with Crippen molar-refractivity contribution < 1.29 is 9.53 Å². The molecule has 0 heterocycles. The Morgan fingerprint density at radius 3 is 2.31 bits per heavy atom. The van der Waals surface area contributed by atoms with Crippen molar-refractivity contribution in [3.05, 3.63) is 29.8 Å². The van der Waals surface area contributed by atoms with Crippen LogP contribution in [0.1, 0.15) is 24.2 Å². The molecular weight excluding hydrogens is 184 g/mol. The molecule has 70 valence electrons. The number of benzene rings is 1. The first kappa shape index (κ1) is 10.1. The smallest absolute Gasteiger partial charge is 0.338 e. The summed E-state index contributed by atoms with van der Waals surface area (Å²) in [5, 5.41) is 0. The Hall–Kier alpha value is -0.960. The number of hydrogen-bond acceptors (Lipinski definition) is 3. The predicted octanol–water partition coefficient (Wildman–Crippen LogP) is 2.54. The molecule has 0 unspecified atom stereocenters. The van der Waals surface area contributed by atoms with Gasteiger partial charge in [0.2, 0.25) is 0 Å². The zero-order valence-electron chi connectivity index (χ0n) is 7.65. The monoisotopic (exact) mass is 196 g/mol. The lowest BCUT2D eigenvalue weighted by Gasteiger charge is -2.07. The number of thiol groups is 1. The lowest BCUT2D eigenvalue weighted by molar-refractivity contribution is 0.0378. The highest BCUT2D eigenvalue weighted by Crippen LogP contribution is 2.09. The minimum absolute atomic E-state index is 0.0804. The molecule has 0 radical (unpaired) electrons. The second-order valence-corrected chi connectivity index (χ2v) is 3.52. The Balaban J connectivity index is 2.72. The van der Waals surface area contributed by atoms with Gasteiger partial charge in [-0.2, -0.15) is 0 Å². The van der Waals surface area contributed by atoms with E-state index in [-0.39, 0.29) is 12.1 Å². The van der Waals surface area contributed by atoms with Crippen molar-refractivity contribution in [1.82, 2.24) is 0 Å². The van der Waals surface area contributed by atoms with Gasteiger partial charge in [0.05, 0.1) is 11.7 Å². The summed E-state index contributed by atoms with van der Waals surface area (Å²) in [6.07, 6.45) is -0.0804. The number of ether oxygens (including phenoxy) is 1. The van der Waals surface area contributed by atoms with Gasteiger partial charge in [-0.15, -0.1) is 12.6 Å². The summed E-state index contributed by atoms with van der Waals surface area (Å²) in [6, 6.07) is 6.93. The lowest BCUT2D eigenvalue weighted by Crippen LogP contribution is -2.11. The maximum atomic E-state index is 11.3. The van der Waals surface area contributed by atoms with Crippen LogP contribution in [0.3, 0.4) is 0 Å². The van der Waals surface area contributed by atoms with Gasteiger partial charge in [-0.1, -0.05) is 0 Å². The van der Waals surface area contributed by atoms with Gasteiger partial charge in [-0.3, -0.25) is 0 Å². The highest BCUT2D eigenvalue weighted by Gasteiger charge is 2.07. The fourth-order valence-electron chi connectivity index (χ4n) is 0.880. The zero-order chi connectivity index (χ0) is 9.84. The Labute approximate surface area is 83.3 Å². The first-order chi connectivity index (χ1) is 6.09. The molecule has 2 nitrogen and oxygen atoms in total. The molecule has 0 N–H and O–H groups in total. The molecular formula is C10H12O2S. The van der Waals surface area contributed by atoms with Crippen LogP contribution in [-0.4, -0.2) is 12.1 Å². The molecule has 0 bridgehead atoms. The Morgan fingerprint density at radius 1 is 1.31 bits per heavy atom. The van der Waals surface area contributed by atoms with E-state index in [1.165, 1.54) is 0 Å². The lowest BCUT2D eigenvalue weighted by atomic mass is 10.2. The van der Waals surface area contributed by atoms with E-state index >= 15 is 0 Å². The van der Waals surface area contributed by atoms with E-state index in [1.54, 1.807) is 24.3 Å². The van der Waals surface area contributed by atoms with E-state index in [4.69, 9.17) is 4.74 Å². The molecule has 0 aromatic heterocycles. The second-order valence-electron chi connectivity index (χ2n) is 3.00. The molecule has 0 fully saturated rings. The zero-order valence-corrected chi connectivity index (χ0v) is 8.54. The third-order valence-electron chi connectivity index (χ3n) is 1.45. The summed E-state index contributed by atoms with van der Waals surface area (Å²) in [5.41, 5.74) is 0.562. The molecule has 0 aliphatic heterocycles. The Kier molecular flexibility index (Phi) is 3.37. The number of esters is 1. The highest BCUT2D eigenvalue weighted by molar-refractivity contribution is 7.80. The molecule has 13 heavy (non-hydrogen) atoms. The van der Waals surface area contributed by atoms with Crippen LogP contribution in [0.25, 0.3) is 0 Å². The van der Waals surface area contributed by atoms with Gasteiger partial charge in [0.1, 0.15) is 0 Å². The molecule has 0 aliphatic rings. The molecule has 0 aliphatic carbocycles. The number of carbonyl (C=O) groups excluding carboxylic acids is 1. The van der Waals surface area contributed by atoms with E-state index in [1.807, 2.05) is 13.8 Å². The topological polar surface area (TPSA) is 26.3 Å². The summed E-state index contributed by atoms with van der Waals surface area (Å²) < 4.78 is 5.01. The van der Waals surface area contributed by atoms with Crippen LogP contribution in [-0.2, 0) is 4.74 Å². The summed E-state index contributed by atoms with van der Waals surface area (Å²) in [7, 11) is 0. The van der Waals surface area contributed by atoms with Crippen molar-refractivity contribution in [3.63, 3.8) is 0 Å². The van der Waals surface area contributed by atoms with Crippen LogP contribution in [0.15, 0.2) is 29.2 Å². The molecule has 0 saturated carbocycles. The number of carbonyl (C=O) groups is 1. The van der Waals surface area contributed by atoms with Crippen molar-refractivity contribution in [2.75, 3.05) is 0 Å². The van der Waals surface area contributed by atoms with Crippen LogP contribution in [0.5, 0.6) is 0 Å². The summed E-state index contributed by atoms with van der Waals surface area (Å²) in [6.45, 7) is 3.65. The molecule has 0 saturated heterocycles. The van der Waals surface area contributed by atoms with Gasteiger partial charge < -0.3 is 4.74 Å². The van der Waals surface area contributed by atoms with Gasteiger partial charge >= 0.3 is 5.97 Å². The van der Waals surface area contributed by atoms with Gasteiger partial charge in [0.25, 0.3) is 0 Å². The van der Waals surface area contributed by atoms with Crippen LogP contribution >= 0.6 is 12.6 Å². The summed E-state index contributed by atoms with van der Waals surface area (Å²) in [4.78, 5) is 12.2. The quantitative estimate of drug-likeness (QED) is 0.581. The predicted molar refractivity (Wildman–Crippen MR) is 54.2 cm³/mol.